The number of rotatable bonds is 4. The summed E-state index contributed by atoms with van der Waals surface area (Å²) in [7, 11) is 0. The van der Waals surface area contributed by atoms with Crippen LogP contribution in [0.1, 0.15) is 30.6 Å². The van der Waals surface area contributed by atoms with Crippen molar-refractivity contribution in [3.05, 3.63) is 23.1 Å². The summed E-state index contributed by atoms with van der Waals surface area (Å²) in [5, 5.41) is 14.2. The summed E-state index contributed by atoms with van der Waals surface area (Å²) in [6.45, 7) is 3.45. The minimum absolute atomic E-state index is 0.000428. The van der Waals surface area contributed by atoms with Gasteiger partial charge in [0.2, 0.25) is 5.22 Å². The van der Waals surface area contributed by atoms with Gasteiger partial charge in [-0.15, -0.1) is 0 Å². The summed E-state index contributed by atoms with van der Waals surface area (Å²) in [5.41, 5.74) is 4.80. The lowest BCUT2D eigenvalue weighted by molar-refractivity contribution is 0.0924. The Balaban J connectivity index is 2.91. The van der Waals surface area contributed by atoms with E-state index in [9.17, 15) is 4.79 Å². The van der Waals surface area contributed by atoms with Crippen LogP contribution in [-0.2, 0) is 0 Å². The van der Waals surface area contributed by atoms with Crippen molar-refractivity contribution in [2.75, 3.05) is 0 Å². The second kappa shape index (κ2) is 5.09. The second-order valence-corrected chi connectivity index (χ2v) is 4.08. The Kier molecular flexibility index (Phi) is 4.01. The summed E-state index contributed by atoms with van der Waals surface area (Å²) in [5.74, 6) is -0.521. The smallest absolute Gasteiger partial charge is 0.256 e. The fourth-order valence-electron chi connectivity index (χ4n) is 1.22. The first-order valence-corrected chi connectivity index (χ1v) is 5.36. The highest BCUT2D eigenvalue weighted by Gasteiger charge is 2.30. The number of amidine groups is 1. The van der Waals surface area contributed by atoms with E-state index < -0.39 is 11.4 Å². The molecule has 17 heavy (non-hydrogen) atoms. The molecule has 0 aromatic carbocycles. The molecule has 0 saturated carbocycles. The molecule has 0 saturated heterocycles. The Labute approximate surface area is 103 Å². The number of furan rings is 1. The maximum atomic E-state index is 11.9. The number of halogens is 1. The van der Waals surface area contributed by atoms with Crippen LogP contribution >= 0.6 is 11.6 Å². The van der Waals surface area contributed by atoms with Crippen molar-refractivity contribution in [3.8, 4) is 0 Å². The van der Waals surface area contributed by atoms with Crippen molar-refractivity contribution in [2.45, 2.75) is 25.8 Å². The van der Waals surface area contributed by atoms with Gasteiger partial charge in [-0.25, -0.2) is 0 Å². The zero-order valence-corrected chi connectivity index (χ0v) is 10.3. The molecule has 7 heteroatoms. The largest absolute Gasteiger partial charge is 0.452 e. The van der Waals surface area contributed by atoms with Gasteiger partial charge in [-0.1, -0.05) is 12.1 Å². The van der Waals surface area contributed by atoms with Crippen LogP contribution in [0.25, 0.3) is 0 Å². The zero-order chi connectivity index (χ0) is 13.1. The SMILES string of the molecule is CCC(C)(NC(=O)c1ccoc1Cl)/C(N)=N/O. The number of carbonyl (C=O) groups is 1. The summed E-state index contributed by atoms with van der Waals surface area (Å²) in [4.78, 5) is 11.9. The highest BCUT2D eigenvalue weighted by molar-refractivity contribution is 6.32. The molecule has 1 unspecified atom stereocenters. The number of hydrogen-bond donors (Lipinski definition) is 3. The molecule has 1 amide bonds. The summed E-state index contributed by atoms with van der Waals surface area (Å²) < 4.78 is 4.81. The topological polar surface area (TPSA) is 101 Å². The predicted molar refractivity (Wildman–Crippen MR) is 63.3 cm³/mol. The van der Waals surface area contributed by atoms with E-state index in [4.69, 9.17) is 27.0 Å². The van der Waals surface area contributed by atoms with Crippen molar-refractivity contribution in [1.29, 1.82) is 0 Å². The zero-order valence-electron chi connectivity index (χ0n) is 9.53. The normalized spacial score (nSPS) is 15.4. The molecular weight excluding hydrogens is 246 g/mol. The van der Waals surface area contributed by atoms with E-state index in [1.54, 1.807) is 13.8 Å². The molecule has 0 aliphatic heterocycles. The Hall–Kier alpha value is -1.69. The minimum atomic E-state index is -0.938. The van der Waals surface area contributed by atoms with E-state index in [1.807, 2.05) is 0 Å². The van der Waals surface area contributed by atoms with Crippen LogP contribution < -0.4 is 11.1 Å². The number of hydrogen-bond acceptors (Lipinski definition) is 4. The number of amides is 1. The molecule has 1 atom stereocenters. The fraction of sp³-hybridized carbons (Fsp3) is 0.400. The molecule has 0 fully saturated rings. The maximum absolute atomic E-state index is 11.9. The number of nitrogens with one attached hydrogen (secondary N) is 1. The third-order valence-electron chi connectivity index (χ3n) is 2.63. The van der Waals surface area contributed by atoms with Gasteiger partial charge < -0.3 is 20.7 Å². The summed E-state index contributed by atoms with van der Waals surface area (Å²) in [6.07, 6.45) is 1.77. The molecule has 0 bridgehead atoms. The van der Waals surface area contributed by atoms with Crippen molar-refractivity contribution in [3.63, 3.8) is 0 Å². The molecule has 0 aliphatic carbocycles. The molecule has 4 N–H and O–H groups in total. The molecule has 1 rings (SSSR count). The molecule has 1 heterocycles. The number of nitrogens with two attached hydrogens (primary N) is 1. The van der Waals surface area contributed by atoms with Crippen molar-refractivity contribution >= 4 is 23.3 Å². The van der Waals surface area contributed by atoms with Gasteiger partial charge in [0.15, 0.2) is 5.84 Å². The van der Waals surface area contributed by atoms with Crippen LogP contribution in [0, 0.1) is 0 Å². The minimum Gasteiger partial charge on any atom is -0.452 e. The average molecular weight is 260 g/mol. The maximum Gasteiger partial charge on any atom is 0.256 e. The average Bonchev–Trinajstić information content (AvgIpc) is 2.74. The van der Waals surface area contributed by atoms with E-state index in [2.05, 4.69) is 10.5 Å². The van der Waals surface area contributed by atoms with E-state index in [1.165, 1.54) is 12.3 Å². The summed E-state index contributed by atoms with van der Waals surface area (Å²) in [6, 6.07) is 1.44. The summed E-state index contributed by atoms with van der Waals surface area (Å²) >= 11 is 5.68. The van der Waals surface area contributed by atoms with Crippen LogP contribution in [0.4, 0.5) is 0 Å². The molecule has 6 nitrogen and oxygen atoms in total. The van der Waals surface area contributed by atoms with E-state index in [-0.39, 0.29) is 16.6 Å². The van der Waals surface area contributed by atoms with Crippen LogP contribution in [0.5, 0.6) is 0 Å². The Morgan fingerprint density at radius 3 is 2.82 bits per heavy atom. The van der Waals surface area contributed by atoms with Gasteiger partial charge in [-0.3, -0.25) is 4.79 Å². The van der Waals surface area contributed by atoms with Crippen LogP contribution in [-0.4, -0.2) is 22.5 Å². The second-order valence-electron chi connectivity index (χ2n) is 3.73. The van der Waals surface area contributed by atoms with Gasteiger partial charge in [0.05, 0.1) is 17.4 Å². The van der Waals surface area contributed by atoms with Crippen LogP contribution in [0.15, 0.2) is 21.9 Å². The van der Waals surface area contributed by atoms with E-state index in [0.717, 1.165) is 0 Å². The predicted octanol–water partition coefficient (Wildman–Crippen LogP) is 1.58. The van der Waals surface area contributed by atoms with Crippen molar-refractivity contribution in [2.24, 2.45) is 10.9 Å². The molecule has 94 valence electrons. The van der Waals surface area contributed by atoms with Crippen molar-refractivity contribution in [1.82, 2.24) is 5.32 Å². The van der Waals surface area contributed by atoms with Gasteiger partial charge in [-0.05, 0) is 31.0 Å². The van der Waals surface area contributed by atoms with Crippen molar-refractivity contribution < 1.29 is 14.4 Å². The number of carbonyl (C=O) groups excluding carboxylic acids is 1. The third-order valence-corrected chi connectivity index (χ3v) is 2.92. The lowest BCUT2D eigenvalue weighted by Gasteiger charge is -2.27. The molecule has 0 aliphatic rings. The fourth-order valence-corrected chi connectivity index (χ4v) is 1.42. The Bertz CT molecular complexity index is 444. The highest BCUT2D eigenvalue weighted by atomic mass is 35.5. The van der Waals surface area contributed by atoms with Gasteiger partial charge in [0, 0.05) is 0 Å². The number of nitrogens with zero attached hydrogens (tertiary/aromatic N) is 1. The first-order valence-electron chi connectivity index (χ1n) is 4.98. The van der Waals surface area contributed by atoms with Crippen LogP contribution in [0.2, 0.25) is 5.22 Å². The van der Waals surface area contributed by atoms with Gasteiger partial charge in [-0.2, -0.15) is 0 Å². The quantitative estimate of drug-likeness (QED) is 0.331. The molecule has 1 aromatic rings. The molecule has 0 spiro atoms. The molecular formula is C10H14ClN3O3. The first-order chi connectivity index (χ1) is 7.94. The third kappa shape index (κ3) is 2.71. The molecule has 1 aromatic heterocycles. The standard InChI is InChI=1S/C10H14ClN3O3/c1-3-10(2,9(12)14-16)13-8(15)6-4-5-17-7(6)11/h4-5,16H,3H2,1-2H3,(H2,12,14)(H,13,15). The van der Waals surface area contributed by atoms with Gasteiger partial charge >= 0.3 is 0 Å². The van der Waals surface area contributed by atoms with Crippen LogP contribution in [0.3, 0.4) is 0 Å². The Morgan fingerprint density at radius 1 is 1.76 bits per heavy atom. The van der Waals surface area contributed by atoms with E-state index >= 15 is 0 Å². The van der Waals surface area contributed by atoms with Gasteiger partial charge in [0.1, 0.15) is 0 Å². The lowest BCUT2D eigenvalue weighted by Crippen LogP contribution is -2.55. The Morgan fingerprint density at radius 2 is 2.41 bits per heavy atom. The lowest BCUT2D eigenvalue weighted by atomic mass is 9.97. The van der Waals surface area contributed by atoms with Gasteiger partial charge in [0.25, 0.3) is 5.91 Å². The van der Waals surface area contributed by atoms with E-state index in [0.29, 0.717) is 6.42 Å². The molecule has 0 radical (unpaired) electrons. The monoisotopic (exact) mass is 259 g/mol. The number of oxime groups is 1. The first kappa shape index (κ1) is 13.4. The highest BCUT2D eigenvalue weighted by Crippen LogP contribution is 2.18.